The van der Waals surface area contributed by atoms with Gasteiger partial charge in [-0.1, -0.05) is 0 Å². The molecule has 1 amide bonds. The Kier molecular flexibility index (Phi) is 2.60. The molecule has 3 aromatic rings. The maximum Gasteiger partial charge on any atom is 0.259 e. The van der Waals surface area contributed by atoms with E-state index in [0.29, 0.717) is 11.1 Å². The van der Waals surface area contributed by atoms with E-state index in [1.165, 1.54) is 5.56 Å². The summed E-state index contributed by atoms with van der Waals surface area (Å²) >= 11 is 0. The van der Waals surface area contributed by atoms with Crippen molar-refractivity contribution in [2.45, 2.75) is 6.42 Å². The molecule has 0 unspecified atom stereocenters. The number of aromatic nitrogens is 3. The van der Waals surface area contributed by atoms with Gasteiger partial charge in [0.25, 0.3) is 5.91 Å². The summed E-state index contributed by atoms with van der Waals surface area (Å²) in [6, 6.07) is 5.91. The van der Waals surface area contributed by atoms with Gasteiger partial charge in [0, 0.05) is 30.3 Å². The SMILES string of the molecule is O=C(Nc1ccc2c(c1)CCN2)c1cnn2ccncc12. The summed E-state index contributed by atoms with van der Waals surface area (Å²) in [5, 5.41) is 10.4. The summed E-state index contributed by atoms with van der Waals surface area (Å²) < 4.78 is 1.63. The molecule has 1 aliphatic rings. The Morgan fingerprint density at radius 3 is 3.24 bits per heavy atom. The summed E-state index contributed by atoms with van der Waals surface area (Å²) in [4.78, 5) is 16.4. The summed E-state index contributed by atoms with van der Waals surface area (Å²) in [5.41, 5.74) is 4.38. The van der Waals surface area contributed by atoms with Crippen LogP contribution in [0.25, 0.3) is 5.52 Å². The van der Waals surface area contributed by atoms with Crippen molar-refractivity contribution in [3.05, 3.63) is 54.1 Å². The third-order valence-corrected chi connectivity index (χ3v) is 3.64. The number of hydrogen-bond donors (Lipinski definition) is 2. The Morgan fingerprint density at radius 1 is 1.33 bits per heavy atom. The predicted octanol–water partition coefficient (Wildman–Crippen LogP) is 1.95. The first kappa shape index (κ1) is 11.9. The number of carbonyl (C=O) groups is 1. The van der Waals surface area contributed by atoms with Crippen molar-refractivity contribution in [1.82, 2.24) is 14.6 Å². The molecule has 0 saturated heterocycles. The van der Waals surface area contributed by atoms with Gasteiger partial charge in [-0.25, -0.2) is 4.52 Å². The van der Waals surface area contributed by atoms with E-state index in [2.05, 4.69) is 20.7 Å². The smallest absolute Gasteiger partial charge is 0.259 e. The maximum absolute atomic E-state index is 12.4. The van der Waals surface area contributed by atoms with Gasteiger partial charge in [-0.15, -0.1) is 0 Å². The largest absolute Gasteiger partial charge is 0.384 e. The number of rotatable bonds is 2. The van der Waals surface area contributed by atoms with E-state index in [-0.39, 0.29) is 5.91 Å². The molecule has 0 aliphatic carbocycles. The highest BCUT2D eigenvalue weighted by atomic mass is 16.1. The minimum atomic E-state index is -0.177. The summed E-state index contributed by atoms with van der Waals surface area (Å²) in [7, 11) is 0. The molecule has 0 spiro atoms. The average molecular weight is 279 g/mol. The molecule has 4 rings (SSSR count). The van der Waals surface area contributed by atoms with Crippen molar-refractivity contribution < 1.29 is 4.79 Å². The average Bonchev–Trinajstić information content (AvgIpc) is 3.13. The van der Waals surface area contributed by atoms with Crippen molar-refractivity contribution >= 4 is 22.8 Å². The monoisotopic (exact) mass is 279 g/mol. The van der Waals surface area contributed by atoms with Gasteiger partial charge in [0.05, 0.1) is 23.5 Å². The van der Waals surface area contributed by atoms with E-state index in [9.17, 15) is 4.79 Å². The number of nitrogens with zero attached hydrogens (tertiary/aromatic N) is 3. The maximum atomic E-state index is 12.4. The summed E-state index contributed by atoms with van der Waals surface area (Å²) in [6.07, 6.45) is 7.53. The molecule has 1 aliphatic heterocycles. The van der Waals surface area contributed by atoms with Gasteiger partial charge in [0.2, 0.25) is 0 Å². The van der Waals surface area contributed by atoms with Crippen LogP contribution < -0.4 is 10.6 Å². The zero-order valence-corrected chi connectivity index (χ0v) is 11.2. The minimum absolute atomic E-state index is 0.177. The third kappa shape index (κ3) is 2.01. The Bertz CT molecular complexity index is 839. The fourth-order valence-corrected chi connectivity index (χ4v) is 2.59. The lowest BCUT2D eigenvalue weighted by Crippen LogP contribution is -2.11. The number of hydrogen-bond acceptors (Lipinski definition) is 4. The van der Waals surface area contributed by atoms with Crippen molar-refractivity contribution in [3.63, 3.8) is 0 Å². The Morgan fingerprint density at radius 2 is 2.29 bits per heavy atom. The normalized spacial score (nSPS) is 13.0. The van der Waals surface area contributed by atoms with Crippen LogP contribution in [-0.2, 0) is 6.42 Å². The van der Waals surface area contributed by atoms with Gasteiger partial charge in [-0.2, -0.15) is 5.10 Å². The van der Waals surface area contributed by atoms with E-state index in [0.717, 1.165) is 24.3 Å². The molecular weight excluding hydrogens is 266 g/mol. The van der Waals surface area contributed by atoms with Crippen molar-refractivity contribution in [1.29, 1.82) is 0 Å². The lowest BCUT2D eigenvalue weighted by atomic mass is 10.1. The molecule has 2 N–H and O–H groups in total. The fourth-order valence-electron chi connectivity index (χ4n) is 2.59. The van der Waals surface area contributed by atoms with Gasteiger partial charge in [0.1, 0.15) is 0 Å². The molecule has 104 valence electrons. The Hall–Kier alpha value is -2.89. The van der Waals surface area contributed by atoms with Crippen LogP contribution in [0.1, 0.15) is 15.9 Å². The highest BCUT2D eigenvalue weighted by Gasteiger charge is 2.15. The first-order valence-electron chi connectivity index (χ1n) is 6.77. The van der Waals surface area contributed by atoms with Crippen LogP contribution in [0.2, 0.25) is 0 Å². The number of nitrogens with one attached hydrogen (secondary N) is 2. The van der Waals surface area contributed by atoms with Crippen LogP contribution >= 0.6 is 0 Å². The van der Waals surface area contributed by atoms with E-state index < -0.39 is 0 Å². The second-order valence-corrected chi connectivity index (χ2v) is 4.97. The van der Waals surface area contributed by atoms with Crippen LogP contribution in [0.15, 0.2) is 43.0 Å². The van der Waals surface area contributed by atoms with Crippen molar-refractivity contribution in [3.8, 4) is 0 Å². The van der Waals surface area contributed by atoms with Gasteiger partial charge in [-0.05, 0) is 30.2 Å². The molecule has 6 heteroatoms. The molecule has 21 heavy (non-hydrogen) atoms. The summed E-state index contributed by atoms with van der Waals surface area (Å²) in [5.74, 6) is -0.177. The van der Waals surface area contributed by atoms with Crippen LogP contribution in [0.3, 0.4) is 0 Å². The van der Waals surface area contributed by atoms with Gasteiger partial charge in [0.15, 0.2) is 0 Å². The standard InChI is InChI=1S/C15H13N5O/c21-15(12-8-18-20-6-5-16-9-14(12)20)19-11-1-2-13-10(7-11)3-4-17-13/h1-2,5-9,17H,3-4H2,(H,19,21). The minimum Gasteiger partial charge on any atom is -0.384 e. The number of anilines is 2. The van der Waals surface area contributed by atoms with Crippen molar-refractivity contribution in [2.75, 3.05) is 17.2 Å². The lowest BCUT2D eigenvalue weighted by Gasteiger charge is -2.06. The van der Waals surface area contributed by atoms with E-state index in [4.69, 9.17) is 0 Å². The summed E-state index contributed by atoms with van der Waals surface area (Å²) in [6.45, 7) is 0.951. The number of carbonyl (C=O) groups excluding carboxylic acids is 1. The van der Waals surface area contributed by atoms with Crippen LogP contribution in [-0.4, -0.2) is 27.0 Å². The fraction of sp³-hybridized carbons (Fsp3) is 0.133. The van der Waals surface area contributed by atoms with E-state index in [1.807, 2.05) is 18.2 Å². The first-order chi connectivity index (χ1) is 10.3. The Balaban J connectivity index is 1.63. The molecule has 0 saturated carbocycles. The van der Waals surface area contributed by atoms with Crippen LogP contribution in [0.4, 0.5) is 11.4 Å². The van der Waals surface area contributed by atoms with Crippen LogP contribution in [0.5, 0.6) is 0 Å². The molecule has 0 bridgehead atoms. The molecule has 2 aromatic heterocycles. The molecule has 1 aromatic carbocycles. The molecule has 6 nitrogen and oxygen atoms in total. The number of fused-ring (bicyclic) bond motifs is 2. The Labute approximate surface area is 120 Å². The van der Waals surface area contributed by atoms with Gasteiger partial charge >= 0.3 is 0 Å². The van der Waals surface area contributed by atoms with Crippen molar-refractivity contribution in [2.24, 2.45) is 0 Å². The number of benzene rings is 1. The topological polar surface area (TPSA) is 71.3 Å². The highest BCUT2D eigenvalue weighted by Crippen LogP contribution is 2.25. The predicted molar refractivity (Wildman–Crippen MR) is 79.6 cm³/mol. The third-order valence-electron chi connectivity index (χ3n) is 3.64. The van der Waals surface area contributed by atoms with E-state index in [1.54, 1.807) is 29.3 Å². The highest BCUT2D eigenvalue weighted by molar-refractivity contribution is 6.08. The zero-order chi connectivity index (χ0) is 14.2. The second kappa shape index (κ2) is 4.59. The second-order valence-electron chi connectivity index (χ2n) is 4.97. The van der Waals surface area contributed by atoms with Gasteiger partial charge < -0.3 is 10.6 Å². The molecule has 3 heterocycles. The number of amides is 1. The molecule has 0 radical (unpaired) electrons. The lowest BCUT2D eigenvalue weighted by molar-refractivity contribution is 0.102. The van der Waals surface area contributed by atoms with E-state index >= 15 is 0 Å². The molecule has 0 fully saturated rings. The zero-order valence-electron chi connectivity index (χ0n) is 11.2. The quantitative estimate of drug-likeness (QED) is 0.752. The van der Waals surface area contributed by atoms with Gasteiger partial charge in [-0.3, -0.25) is 9.78 Å². The van der Waals surface area contributed by atoms with Crippen LogP contribution in [0, 0.1) is 0 Å². The molecular formula is C15H13N5O. The first-order valence-corrected chi connectivity index (χ1v) is 6.77. The molecule has 0 atom stereocenters.